The van der Waals surface area contributed by atoms with Gasteiger partial charge in [0, 0.05) is 35.4 Å². The third-order valence-electron chi connectivity index (χ3n) is 5.59. The number of aromatic amines is 1. The van der Waals surface area contributed by atoms with Crippen LogP contribution >= 0.6 is 0 Å². The number of H-pyrrole nitrogens is 1. The van der Waals surface area contributed by atoms with Gasteiger partial charge < -0.3 is 4.98 Å². The third-order valence-corrected chi connectivity index (χ3v) is 5.59. The second-order valence-electron chi connectivity index (χ2n) is 8.11. The molecule has 0 spiro atoms. The highest BCUT2D eigenvalue weighted by atomic mass is 15.1. The lowest BCUT2D eigenvalue weighted by molar-refractivity contribution is 1.07. The maximum atomic E-state index is 4.89. The summed E-state index contributed by atoms with van der Waals surface area (Å²) in [5.41, 5.74) is 5.51. The van der Waals surface area contributed by atoms with Gasteiger partial charge >= 0.3 is 0 Å². The van der Waals surface area contributed by atoms with Crippen LogP contribution in [0.2, 0.25) is 0 Å². The van der Waals surface area contributed by atoms with Gasteiger partial charge in [-0.3, -0.25) is 4.57 Å². The lowest BCUT2D eigenvalue weighted by Crippen LogP contribution is -1.95. The van der Waals surface area contributed by atoms with Crippen molar-refractivity contribution in [1.82, 2.24) is 19.5 Å². The molecule has 0 aliphatic rings. The van der Waals surface area contributed by atoms with Gasteiger partial charge in [0.25, 0.3) is 0 Å². The molecule has 0 amide bonds. The third kappa shape index (κ3) is 5.75. The highest BCUT2D eigenvalue weighted by molar-refractivity contribution is 5.67. The Balaban J connectivity index is 0.000000174. The van der Waals surface area contributed by atoms with Gasteiger partial charge in [-0.25, -0.2) is 9.97 Å². The van der Waals surface area contributed by atoms with Crippen molar-refractivity contribution in [3.05, 3.63) is 151 Å². The van der Waals surface area contributed by atoms with E-state index in [0.717, 1.165) is 34.2 Å². The van der Waals surface area contributed by atoms with Crippen molar-refractivity contribution in [3.8, 4) is 28.3 Å². The van der Waals surface area contributed by atoms with E-state index < -0.39 is 0 Å². The van der Waals surface area contributed by atoms with Crippen molar-refractivity contribution >= 4 is 12.2 Å². The molecule has 0 saturated heterocycles. The van der Waals surface area contributed by atoms with E-state index in [1.54, 1.807) is 6.20 Å². The number of nitrogens with zero attached hydrogens (tertiary/aromatic N) is 3. The van der Waals surface area contributed by atoms with Crippen LogP contribution in [0.3, 0.4) is 0 Å². The summed E-state index contributed by atoms with van der Waals surface area (Å²) in [5, 5.41) is 0. The van der Waals surface area contributed by atoms with Gasteiger partial charge in [-0.15, -0.1) is 0 Å². The van der Waals surface area contributed by atoms with E-state index in [9.17, 15) is 0 Å². The van der Waals surface area contributed by atoms with Crippen LogP contribution in [0.1, 0.15) is 11.4 Å². The van der Waals surface area contributed by atoms with Crippen LogP contribution < -0.4 is 0 Å². The fourth-order valence-electron chi connectivity index (χ4n) is 3.81. The first-order chi connectivity index (χ1) is 17.9. The molecule has 0 bridgehead atoms. The van der Waals surface area contributed by atoms with E-state index in [2.05, 4.69) is 69.3 Å². The van der Waals surface area contributed by atoms with Gasteiger partial charge in [-0.1, -0.05) is 115 Å². The summed E-state index contributed by atoms with van der Waals surface area (Å²) in [4.78, 5) is 12.0. The number of rotatable bonds is 5. The number of hydrogen-bond donors (Lipinski definition) is 1. The fraction of sp³-hybridized carbons (Fsp3) is 0. The van der Waals surface area contributed by atoms with E-state index in [4.69, 9.17) is 4.98 Å². The standard InChI is InChI=1S/C21H16N2.C11H10N2/c1-4-10-17(11-5-1)20-16-23(19-14-8-3-9-15-19)21(22-20)18-12-6-2-7-13-18;1-2-4-10(5-3-1)6-7-11-12-8-9-13-11/h1-16H;1-9H,(H,12,13). The molecule has 4 heteroatoms. The quantitative estimate of drug-likeness (QED) is 0.282. The molecule has 6 aromatic rings. The number of para-hydroxylation sites is 1. The molecule has 0 radical (unpaired) electrons. The first kappa shape index (κ1) is 22.8. The smallest absolute Gasteiger partial charge is 0.145 e. The average Bonchev–Trinajstić information content (AvgIpc) is 3.65. The van der Waals surface area contributed by atoms with Crippen molar-refractivity contribution in [2.24, 2.45) is 0 Å². The SMILES string of the molecule is C(=Cc1ncc[nH]1)c1ccccc1.c1ccc(-c2cn(-c3ccccc3)c(-c3ccccc3)n2)cc1. The largest absolute Gasteiger partial charge is 0.345 e. The number of nitrogens with one attached hydrogen (secondary N) is 1. The minimum Gasteiger partial charge on any atom is -0.345 e. The van der Waals surface area contributed by atoms with Crippen LogP contribution in [-0.4, -0.2) is 19.5 Å². The molecule has 6 rings (SSSR count). The molecule has 36 heavy (non-hydrogen) atoms. The first-order valence-corrected chi connectivity index (χ1v) is 11.8. The normalized spacial score (nSPS) is 10.7. The van der Waals surface area contributed by atoms with Crippen LogP contribution in [0.5, 0.6) is 0 Å². The maximum absolute atomic E-state index is 4.89. The Morgan fingerprint density at radius 1 is 0.611 bits per heavy atom. The van der Waals surface area contributed by atoms with Crippen molar-refractivity contribution < 1.29 is 0 Å². The van der Waals surface area contributed by atoms with Gasteiger partial charge in [0.15, 0.2) is 0 Å². The van der Waals surface area contributed by atoms with Crippen LogP contribution in [0.4, 0.5) is 0 Å². The summed E-state index contributed by atoms with van der Waals surface area (Å²) in [6.07, 6.45) is 9.64. The molecule has 0 unspecified atom stereocenters. The number of hydrogen-bond acceptors (Lipinski definition) is 2. The Hall–Kier alpha value is -4.96. The summed E-state index contributed by atoms with van der Waals surface area (Å²) in [6, 6.07) is 41.1. The van der Waals surface area contributed by atoms with Gasteiger partial charge in [0.2, 0.25) is 0 Å². The molecule has 0 aliphatic carbocycles. The minimum absolute atomic E-state index is 0.879. The van der Waals surface area contributed by atoms with Crippen LogP contribution in [0, 0.1) is 0 Å². The second kappa shape index (κ2) is 11.4. The van der Waals surface area contributed by atoms with E-state index in [-0.39, 0.29) is 0 Å². The molecular formula is C32H26N4. The number of imidazole rings is 2. The lowest BCUT2D eigenvalue weighted by Gasteiger charge is -2.07. The Morgan fingerprint density at radius 3 is 1.81 bits per heavy atom. The zero-order valence-corrected chi connectivity index (χ0v) is 19.8. The van der Waals surface area contributed by atoms with E-state index in [1.165, 1.54) is 5.56 Å². The van der Waals surface area contributed by atoms with Crippen LogP contribution in [0.25, 0.3) is 40.5 Å². The van der Waals surface area contributed by atoms with E-state index in [1.807, 2.05) is 91.1 Å². The molecule has 0 aliphatic heterocycles. The van der Waals surface area contributed by atoms with Crippen molar-refractivity contribution in [3.63, 3.8) is 0 Å². The Labute approximate surface area is 211 Å². The first-order valence-electron chi connectivity index (χ1n) is 11.8. The molecule has 174 valence electrons. The molecule has 4 nitrogen and oxygen atoms in total. The van der Waals surface area contributed by atoms with Crippen LogP contribution in [0.15, 0.2) is 140 Å². The summed E-state index contributed by atoms with van der Waals surface area (Å²) >= 11 is 0. The van der Waals surface area contributed by atoms with Gasteiger partial charge in [0.1, 0.15) is 11.6 Å². The zero-order valence-electron chi connectivity index (χ0n) is 19.8. The van der Waals surface area contributed by atoms with Crippen molar-refractivity contribution in [2.45, 2.75) is 0 Å². The predicted molar refractivity (Wildman–Crippen MR) is 148 cm³/mol. The number of aromatic nitrogens is 4. The molecule has 0 saturated carbocycles. The topological polar surface area (TPSA) is 46.5 Å². The Morgan fingerprint density at radius 2 is 1.19 bits per heavy atom. The highest BCUT2D eigenvalue weighted by Crippen LogP contribution is 2.27. The predicted octanol–water partition coefficient (Wildman–Crippen LogP) is 7.79. The van der Waals surface area contributed by atoms with Crippen molar-refractivity contribution in [1.29, 1.82) is 0 Å². The lowest BCUT2D eigenvalue weighted by atomic mass is 10.2. The molecule has 2 heterocycles. The molecule has 0 fully saturated rings. The summed E-state index contributed by atoms with van der Waals surface area (Å²) < 4.78 is 2.15. The second-order valence-corrected chi connectivity index (χ2v) is 8.11. The van der Waals surface area contributed by atoms with Gasteiger partial charge in [-0.2, -0.15) is 0 Å². The Kier molecular flexibility index (Phi) is 7.26. The minimum atomic E-state index is 0.879. The molecule has 2 aromatic heterocycles. The van der Waals surface area contributed by atoms with Crippen LogP contribution in [-0.2, 0) is 0 Å². The highest BCUT2D eigenvalue weighted by Gasteiger charge is 2.12. The summed E-state index contributed by atoms with van der Waals surface area (Å²) in [6.45, 7) is 0. The Bertz CT molecular complexity index is 1430. The summed E-state index contributed by atoms with van der Waals surface area (Å²) in [7, 11) is 0. The van der Waals surface area contributed by atoms with E-state index in [0.29, 0.717) is 0 Å². The zero-order chi connectivity index (χ0) is 24.4. The number of benzene rings is 4. The molecule has 4 aromatic carbocycles. The fourth-order valence-corrected chi connectivity index (χ4v) is 3.81. The average molecular weight is 467 g/mol. The van der Waals surface area contributed by atoms with Gasteiger partial charge in [0.05, 0.1) is 5.69 Å². The molecule has 1 N–H and O–H groups in total. The monoisotopic (exact) mass is 466 g/mol. The maximum Gasteiger partial charge on any atom is 0.145 e. The van der Waals surface area contributed by atoms with Crippen molar-refractivity contribution in [2.75, 3.05) is 0 Å². The molecule has 0 atom stereocenters. The van der Waals surface area contributed by atoms with Gasteiger partial charge in [-0.05, 0) is 23.8 Å². The van der Waals surface area contributed by atoms with E-state index >= 15 is 0 Å². The molecular weight excluding hydrogens is 440 g/mol. The summed E-state index contributed by atoms with van der Waals surface area (Å²) in [5.74, 6) is 1.83.